The minimum absolute atomic E-state index is 0.0160. The Kier molecular flexibility index (Phi) is 7.92. The molecule has 1 aromatic heterocycles. The number of nitrogens with one attached hydrogen (secondary N) is 1. The fraction of sp³-hybridized carbons (Fsp3) is 0.320. The lowest BCUT2D eigenvalue weighted by Crippen LogP contribution is -2.34. The molecule has 0 spiro atoms. The van der Waals surface area contributed by atoms with Gasteiger partial charge in [0.1, 0.15) is 23.1 Å². The Morgan fingerprint density at radius 3 is 2.57 bits per heavy atom. The first kappa shape index (κ1) is 25.4. The monoisotopic (exact) mass is 593 g/mol. The number of rotatable bonds is 6. The van der Waals surface area contributed by atoms with E-state index in [2.05, 4.69) is 15.3 Å². The largest absolute Gasteiger partial charge is 0.393 e. The molecule has 1 aliphatic rings. The van der Waals surface area contributed by atoms with Gasteiger partial charge in [0, 0.05) is 21.6 Å². The number of halogens is 3. The molecule has 0 saturated heterocycles. The van der Waals surface area contributed by atoms with Crippen LogP contribution in [0.3, 0.4) is 0 Å². The first-order valence-corrected chi connectivity index (χ1v) is 12.4. The lowest BCUT2D eigenvalue weighted by Gasteiger charge is -2.25. The number of hydrogen-bond acceptors (Lipinski definition) is 6. The summed E-state index contributed by atoms with van der Waals surface area (Å²) in [7, 11) is 0. The third kappa shape index (κ3) is 5.93. The van der Waals surface area contributed by atoms with Crippen molar-refractivity contribution in [2.24, 2.45) is 5.73 Å². The maximum atomic E-state index is 15.0. The van der Waals surface area contributed by atoms with Gasteiger partial charge in [0.2, 0.25) is 0 Å². The molecule has 1 aliphatic carbocycles. The molecule has 35 heavy (non-hydrogen) atoms. The van der Waals surface area contributed by atoms with Crippen LogP contribution in [-0.2, 0) is 0 Å². The van der Waals surface area contributed by atoms with E-state index in [0.29, 0.717) is 33.2 Å². The Bertz CT molecular complexity index is 1210. The molecule has 6 N–H and O–H groups in total. The lowest BCUT2D eigenvalue weighted by molar-refractivity contribution is 0.0933. The Labute approximate surface area is 215 Å². The van der Waals surface area contributed by atoms with Gasteiger partial charge in [0.15, 0.2) is 0 Å². The van der Waals surface area contributed by atoms with Crippen molar-refractivity contribution >= 4 is 34.3 Å². The maximum absolute atomic E-state index is 15.0. The Morgan fingerprint density at radius 2 is 1.91 bits per heavy atom. The number of benzene rings is 2. The van der Waals surface area contributed by atoms with Gasteiger partial charge in [-0.05, 0) is 84.2 Å². The number of nitrogens with two attached hydrogens (primary N) is 2. The zero-order chi connectivity index (χ0) is 25.1. The quantitative estimate of drug-likeness (QED) is 0.320. The van der Waals surface area contributed by atoms with Gasteiger partial charge in [0.25, 0.3) is 5.91 Å². The van der Waals surface area contributed by atoms with E-state index in [-0.39, 0.29) is 29.9 Å². The minimum Gasteiger partial charge on any atom is -0.393 e. The van der Waals surface area contributed by atoms with Crippen LogP contribution in [-0.4, -0.2) is 33.6 Å². The van der Waals surface area contributed by atoms with Crippen molar-refractivity contribution in [3.05, 3.63) is 74.6 Å². The number of carbonyl (C=O) groups excluding carboxylic acids is 1. The summed E-state index contributed by atoms with van der Waals surface area (Å²) in [5.74, 6) is -1.56. The van der Waals surface area contributed by atoms with E-state index >= 15 is 4.39 Å². The second kappa shape index (κ2) is 10.9. The highest BCUT2D eigenvalue weighted by molar-refractivity contribution is 14.1. The van der Waals surface area contributed by atoms with E-state index in [1.807, 2.05) is 22.6 Å². The fourth-order valence-electron chi connectivity index (χ4n) is 4.33. The number of amides is 1. The summed E-state index contributed by atoms with van der Waals surface area (Å²) in [5.41, 5.74) is 13.6. The summed E-state index contributed by atoms with van der Waals surface area (Å²) < 4.78 is 29.5. The molecule has 1 amide bonds. The lowest BCUT2D eigenvalue weighted by atomic mass is 9.85. The highest BCUT2D eigenvalue weighted by Crippen LogP contribution is 2.34. The molecule has 0 radical (unpaired) electrons. The van der Waals surface area contributed by atoms with Crippen molar-refractivity contribution < 1.29 is 18.7 Å². The Balaban J connectivity index is 1.55. The number of aromatic nitrogens is 2. The van der Waals surface area contributed by atoms with E-state index in [1.165, 1.54) is 24.3 Å². The SMILES string of the molecule is NC[C@@H](NC(=O)c1ccc(-c2nc(C3CCC(O)CC3)cnc2N)cc1F)c1cc(F)cc(I)c1. The van der Waals surface area contributed by atoms with Crippen molar-refractivity contribution in [1.29, 1.82) is 0 Å². The smallest absolute Gasteiger partial charge is 0.254 e. The first-order valence-electron chi connectivity index (χ1n) is 11.3. The van der Waals surface area contributed by atoms with Crippen LogP contribution in [0.4, 0.5) is 14.6 Å². The normalized spacial score (nSPS) is 18.8. The van der Waals surface area contributed by atoms with Crippen LogP contribution in [0.25, 0.3) is 11.3 Å². The molecule has 1 fully saturated rings. The van der Waals surface area contributed by atoms with Crippen LogP contribution in [0.5, 0.6) is 0 Å². The molecule has 0 aliphatic heterocycles. The standard InChI is InChI=1S/C25H26F2IN5O2/c26-16-7-15(8-17(28)10-16)21(11-29)33-25(35)19-6-3-14(9-20(19)27)23-24(30)31-12-22(32-23)13-1-4-18(34)5-2-13/h3,6-10,12-13,18,21,34H,1-2,4-5,11,29H2,(H2,30,31)(H,33,35)/t13?,18?,21-/m1/s1. The van der Waals surface area contributed by atoms with Gasteiger partial charge in [-0.1, -0.05) is 6.07 Å². The summed E-state index contributed by atoms with van der Waals surface area (Å²) in [4.78, 5) is 21.7. The molecule has 1 saturated carbocycles. The highest BCUT2D eigenvalue weighted by Gasteiger charge is 2.24. The van der Waals surface area contributed by atoms with Gasteiger partial charge in [-0.3, -0.25) is 4.79 Å². The van der Waals surface area contributed by atoms with Crippen LogP contribution >= 0.6 is 22.6 Å². The van der Waals surface area contributed by atoms with Gasteiger partial charge >= 0.3 is 0 Å². The van der Waals surface area contributed by atoms with Crippen molar-refractivity contribution in [1.82, 2.24) is 15.3 Å². The molecule has 2 aromatic carbocycles. The topological polar surface area (TPSA) is 127 Å². The molecule has 0 bridgehead atoms. The summed E-state index contributed by atoms with van der Waals surface area (Å²) >= 11 is 1.97. The summed E-state index contributed by atoms with van der Waals surface area (Å²) in [6, 6.07) is 7.80. The average molecular weight is 593 g/mol. The van der Waals surface area contributed by atoms with Crippen molar-refractivity contribution in [2.45, 2.75) is 43.7 Å². The van der Waals surface area contributed by atoms with E-state index in [9.17, 15) is 14.3 Å². The third-order valence-electron chi connectivity index (χ3n) is 6.25. The second-order valence-electron chi connectivity index (χ2n) is 8.69. The summed E-state index contributed by atoms with van der Waals surface area (Å²) in [6.45, 7) is 0.0160. The van der Waals surface area contributed by atoms with Crippen molar-refractivity contribution in [3.63, 3.8) is 0 Å². The number of nitrogens with zero attached hydrogens (tertiary/aromatic N) is 2. The van der Waals surface area contributed by atoms with Gasteiger partial charge in [-0.2, -0.15) is 0 Å². The maximum Gasteiger partial charge on any atom is 0.254 e. The van der Waals surface area contributed by atoms with Crippen molar-refractivity contribution in [3.8, 4) is 11.3 Å². The van der Waals surface area contributed by atoms with Gasteiger partial charge < -0.3 is 21.9 Å². The molecule has 0 unspecified atom stereocenters. The Morgan fingerprint density at radius 1 is 1.17 bits per heavy atom. The van der Waals surface area contributed by atoms with Crippen LogP contribution in [0.2, 0.25) is 0 Å². The molecule has 184 valence electrons. The first-order chi connectivity index (χ1) is 16.7. The zero-order valence-corrected chi connectivity index (χ0v) is 21.0. The minimum atomic E-state index is -0.753. The number of aliphatic hydroxyl groups is 1. The second-order valence-corrected chi connectivity index (χ2v) is 9.94. The van der Waals surface area contributed by atoms with Crippen LogP contribution in [0, 0.1) is 15.2 Å². The van der Waals surface area contributed by atoms with Crippen molar-refractivity contribution in [2.75, 3.05) is 12.3 Å². The van der Waals surface area contributed by atoms with Crippen LogP contribution in [0.1, 0.15) is 59.3 Å². The number of hydrogen-bond donors (Lipinski definition) is 4. The van der Waals surface area contributed by atoms with Crippen LogP contribution in [0.15, 0.2) is 42.6 Å². The number of nitrogen functional groups attached to an aromatic ring is 1. The van der Waals surface area contributed by atoms with Gasteiger partial charge in [0.05, 0.1) is 29.6 Å². The molecule has 1 atom stereocenters. The molecule has 10 heteroatoms. The molecular formula is C25H26F2IN5O2. The number of carbonyl (C=O) groups is 1. The summed E-state index contributed by atoms with van der Waals surface area (Å²) in [6.07, 6.45) is 4.31. The van der Waals surface area contributed by atoms with Gasteiger partial charge in [-0.15, -0.1) is 0 Å². The Hall–Kier alpha value is -2.70. The van der Waals surface area contributed by atoms with E-state index in [0.717, 1.165) is 18.5 Å². The van der Waals surface area contributed by atoms with E-state index < -0.39 is 23.6 Å². The molecular weight excluding hydrogens is 567 g/mol. The highest BCUT2D eigenvalue weighted by atomic mass is 127. The molecule has 3 aromatic rings. The molecule has 7 nitrogen and oxygen atoms in total. The van der Waals surface area contributed by atoms with E-state index in [1.54, 1.807) is 18.3 Å². The predicted molar refractivity (Wildman–Crippen MR) is 137 cm³/mol. The predicted octanol–water partition coefficient (Wildman–Crippen LogP) is 4.06. The molecule has 4 rings (SSSR count). The van der Waals surface area contributed by atoms with E-state index in [4.69, 9.17) is 11.5 Å². The molecule has 1 heterocycles. The van der Waals surface area contributed by atoms with Gasteiger partial charge in [-0.25, -0.2) is 18.7 Å². The third-order valence-corrected chi connectivity index (χ3v) is 6.87. The zero-order valence-electron chi connectivity index (χ0n) is 18.8. The van der Waals surface area contributed by atoms with Crippen LogP contribution < -0.4 is 16.8 Å². The fourth-order valence-corrected chi connectivity index (χ4v) is 4.99. The number of anilines is 1. The average Bonchev–Trinajstić information content (AvgIpc) is 2.82. The number of aliphatic hydroxyl groups excluding tert-OH is 1. The summed E-state index contributed by atoms with van der Waals surface area (Å²) in [5, 5.41) is 12.4.